The number of carbonyl (C=O) groups is 7. The first-order chi connectivity index (χ1) is 26.6. The Labute approximate surface area is 332 Å². The number of carbonyl (C=O) groups excluding carboxylic acids is 7. The molecule has 0 radical (unpaired) electrons. The molecule has 1 heterocycles. The van der Waals surface area contributed by atoms with Gasteiger partial charge in [0, 0.05) is 37.8 Å². The summed E-state index contributed by atoms with van der Waals surface area (Å²) in [6, 6.07) is 3.51. The van der Waals surface area contributed by atoms with E-state index in [0.717, 1.165) is 11.0 Å². The monoisotopic (exact) mass is 825 g/mol. The molecule has 0 spiro atoms. The van der Waals surface area contributed by atoms with Crippen LogP contribution in [0.5, 0.6) is 0 Å². The number of amides is 7. The lowest BCUT2D eigenvalue weighted by molar-refractivity contribution is -0.154. The molecule has 1 aliphatic rings. The van der Waals surface area contributed by atoms with Crippen molar-refractivity contribution in [1.82, 2.24) is 25.8 Å². The van der Waals surface area contributed by atoms with Crippen molar-refractivity contribution >= 4 is 57.3 Å². The largest absolute Gasteiger partial charge is 0.460 e. The van der Waals surface area contributed by atoms with E-state index in [-0.39, 0.29) is 64.7 Å². The molecular formula is C36H55N7O13S. The van der Waals surface area contributed by atoms with Gasteiger partial charge in [-0.15, -0.1) is 0 Å². The van der Waals surface area contributed by atoms with Crippen LogP contribution < -0.4 is 27.0 Å². The number of nitrogens with zero attached hydrogens (tertiary/aromatic N) is 2. The molecule has 0 bridgehead atoms. The third-order valence-electron chi connectivity index (χ3n) is 8.34. The summed E-state index contributed by atoms with van der Waals surface area (Å²) in [4.78, 5) is 90.8. The number of aliphatic hydroxyl groups is 1. The van der Waals surface area contributed by atoms with Crippen molar-refractivity contribution in [2.24, 2.45) is 17.1 Å². The molecule has 8 N–H and O–H groups in total. The first kappa shape index (κ1) is 48.0. The molecule has 1 aromatic carbocycles. The van der Waals surface area contributed by atoms with Crippen molar-refractivity contribution in [1.29, 1.82) is 0 Å². The van der Waals surface area contributed by atoms with Crippen molar-refractivity contribution in [3.63, 3.8) is 0 Å². The van der Waals surface area contributed by atoms with Crippen LogP contribution in [0.2, 0.25) is 0 Å². The van der Waals surface area contributed by atoms with Crippen molar-refractivity contribution in [3.05, 3.63) is 42.0 Å². The van der Waals surface area contributed by atoms with E-state index >= 15 is 0 Å². The maximum Gasteiger partial charge on any atom is 0.312 e. The van der Waals surface area contributed by atoms with E-state index in [9.17, 15) is 47.1 Å². The fourth-order valence-electron chi connectivity index (χ4n) is 5.06. The second kappa shape index (κ2) is 22.6. The van der Waals surface area contributed by atoms with E-state index < -0.39 is 87.6 Å². The van der Waals surface area contributed by atoms with Crippen LogP contribution in [0.3, 0.4) is 0 Å². The molecule has 3 atom stereocenters. The first-order valence-electron chi connectivity index (χ1n) is 18.2. The van der Waals surface area contributed by atoms with E-state index in [2.05, 4.69) is 21.3 Å². The van der Waals surface area contributed by atoms with Crippen molar-refractivity contribution in [3.8, 4) is 0 Å². The van der Waals surface area contributed by atoms with Gasteiger partial charge < -0.3 is 51.4 Å². The number of rotatable bonds is 23. The second-order valence-electron chi connectivity index (χ2n) is 14.6. The number of urea groups is 1. The lowest BCUT2D eigenvalue weighted by atomic mass is 9.97. The van der Waals surface area contributed by atoms with Crippen LogP contribution in [-0.4, -0.2) is 133 Å². The van der Waals surface area contributed by atoms with Crippen LogP contribution in [0.4, 0.5) is 10.5 Å². The highest BCUT2D eigenvalue weighted by Gasteiger charge is 2.31. The number of hydrogen-bond donors (Lipinski definition) is 7. The number of esters is 1. The summed E-state index contributed by atoms with van der Waals surface area (Å²) in [5, 5.41) is 20.5. The number of benzene rings is 1. The van der Waals surface area contributed by atoms with Crippen LogP contribution in [0.25, 0.3) is 0 Å². The Morgan fingerprint density at radius 2 is 1.67 bits per heavy atom. The first-order valence-corrected chi connectivity index (χ1v) is 19.9. The minimum absolute atomic E-state index is 0.0298. The van der Waals surface area contributed by atoms with Crippen molar-refractivity contribution < 1.29 is 61.1 Å². The second-order valence-corrected chi connectivity index (χ2v) is 16.1. The lowest BCUT2D eigenvalue weighted by Crippen LogP contribution is -2.55. The predicted molar refractivity (Wildman–Crippen MR) is 205 cm³/mol. The number of ether oxygens (including phenoxy) is 2. The van der Waals surface area contributed by atoms with E-state index in [4.69, 9.17) is 19.8 Å². The molecule has 0 saturated heterocycles. The van der Waals surface area contributed by atoms with Crippen LogP contribution in [0.1, 0.15) is 59.4 Å². The summed E-state index contributed by atoms with van der Waals surface area (Å²) < 4.78 is 41.4. The van der Waals surface area contributed by atoms with Gasteiger partial charge in [-0.1, -0.05) is 26.0 Å². The highest BCUT2D eigenvalue weighted by atomic mass is 32.2. The van der Waals surface area contributed by atoms with Gasteiger partial charge in [0.05, 0.1) is 24.4 Å². The van der Waals surface area contributed by atoms with Crippen LogP contribution >= 0.6 is 0 Å². The zero-order chi connectivity index (χ0) is 42.9. The van der Waals surface area contributed by atoms with E-state index in [1.165, 1.54) is 11.0 Å². The minimum atomic E-state index is -4.29. The molecule has 1 aromatic rings. The van der Waals surface area contributed by atoms with Gasteiger partial charge in [-0.25, -0.2) is 4.79 Å². The summed E-state index contributed by atoms with van der Waals surface area (Å²) >= 11 is 0. The van der Waals surface area contributed by atoms with Crippen molar-refractivity contribution in [2.45, 2.75) is 78.8 Å². The van der Waals surface area contributed by atoms with E-state index in [0.29, 0.717) is 11.3 Å². The summed E-state index contributed by atoms with van der Waals surface area (Å²) in [6.45, 7) is 7.22. The average molecular weight is 826 g/mol. The average Bonchev–Trinajstić information content (AvgIpc) is 3.43. The standard InChI is InChI=1S/C36H55N7O13S/c1-23(2)31(41-27(44)14-16-42(17-18-55-19-20-57(52,53)54)30(47)21-43-28(45)12-13-29(43)46)33(49)40-26(7-6-15-38-35(37)51)32(48)39-25-10-8-24(9-11-25)22-56-34(50)36(3,4)5/h8-13,23,26,28,31,45H,6-7,14-22H2,1-5H3,(H,39,48)(H,40,49)(H,41,44)(H3,37,38,51)(H,52,53,54)/t26-,28?,31-/m0/s1. The molecule has 1 unspecified atom stereocenters. The zero-order valence-electron chi connectivity index (χ0n) is 32.8. The van der Waals surface area contributed by atoms with Gasteiger partial charge in [0.2, 0.25) is 29.5 Å². The van der Waals surface area contributed by atoms with Gasteiger partial charge in [-0.3, -0.25) is 33.3 Å². The molecule has 0 fully saturated rings. The molecule has 0 saturated carbocycles. The molecule has 318 valence electrons. The van der Waals surface area contributed by atoms with Gasteiger partial charge in [0.25, 0.3) is 10.1 Å². The normalized spacial score (nSPS) is 15.1. The molecule has 0 aromatic heterocycles. The maximum atomic E-state index is 13.6. The van der Waals surface area contributed by atoms with E-state index in [1.807, 2.05) is 0 Å². The Balaban J connectivity index is 2.10. The summed E-state index contributed by atoms with van der Waals surface area (Å²) in [5.74, 6) is -4.71. The number of nitrogens with two attached hydrogens (primary N) is 1. The zero-order valence-corrected chi connectivity index (χ0v) is 33.6. The van der Waals surface area contributed by atoms with Crippen LogP contribution in [-0.2, 0) is 55.0 Å². The van der Waals surface area contributed by atoms with Gasteiger partial charge in [0.1, 0.15) is 31.5 Å². The SMILES string of the molecule is CC(C)[C@H](NC(=O)CCN(CCOCCS(=O)(=O)O)C(=O)CN1C(=O)C=CC1O)C(=O)N[C@@H](CCCNC(N)=O)C(=O)Nc1ccc(COC(=O)C(C)(C)C)cc1. The third kappa shape index (κ3) is 18.1. The Hall–Kier alpha value is -5.12. The van der Waals surface area contributed by atoms with Crippen LogP contribution in [0.15, 0.2) is 36.4 Å². The number of hydrogen-bond acceptors (Lipinski definition) is 12. The third-order valence-corrected chi connectivity index (χ3v) is 9.03. The fourth-order valence-corrected chi connectivity index (χ4v) is 5.39. The molecule has 7 amide bonds. The molecule has 20 nitrogen and oxygen atoms in total. The highest BCUT2D eigenvalue weighted by molar-refractivity contribution is 7.85. The minimum Gasteiger partial charge on any atom is -0.460 e. The van der Waals surface area contributed by atoms with E-state index in [1.54, 1.807) is 58.9 Å². The number of anilines is 1. The summed E-state index contributed by atoms with van der Waals surface area (Å²) in [7, 11) is -4.29. The molecule has 0 aliphatic carbocycles. The number of nitrogens with one attached hydrogen (secondary N) is 4. The molecular weight excluding hydrogens is 770 g/mol. The quantitative estimate of drug-likeness (QED) is 0.0422. The topological polar surface area (TPSA) is 293 Å². The summed E-state index contributed by atoms with van der Waals surface area (Å²) in [5.41, 5.74) is 5.54. The Morgan fingerprint density at radius 3 is 2.23 bits per heavy atom. The van der Waals surface area contributed by atoms with Gasteiger partial charge in [-0.2, -0.15) is 8.42 Å². The van der Waals surface area contributed by atoms with Crippen LogP contribution in [0, 0.1) is 11.3 Å². The molecule has 21 heteroatoms. The summed E-state index contributed by atoms with van der Waals surface area (Å²) in [6.07, 6.45) is 0.969. The Bertz CT molecular complexity index is 1710. The number of aliphatic hydroxyl groups excluding tert-OH is 1. The predicted octanol–water partition coefficient (Wildman–Crippen LogP) is -0.372. The molecule has 1 aliphatic heterocycles. The molecule has 57 heavy (non-hydrogen) atoms. The smallest absolute Gasteiger partial charge is 0.312 e. The fraction of sp³-hybridized carbons (Fsp3) is 0.583. The van der Waals surface area contributed by atoms with Gasteiger partial charge in [-0.05, 0) is 63.3 Å². The van der Waals surface area contributed by atoms with Gasteiger partial charge >= 0.3 is 12.0 Å². The highest BCUT2D eigenvalue weighted by Crippen LogP contribution is 2.18. The Kier molecular flexibility index (Phi) is 19.0. The number of primary amides is 1. The maximum absolute atomic E-state index is 13.6. The molecule has 2 rings (SSSR count). The Morgan fingerprint density at radius 1 is 1.00 bits per heavy atom. The lowest BCUT2D eigenvalue weighted by Gasteiger charge is -2.28. The van der Waals surface area contributed by atoms with Gasteiger partial charge in [0.15, 0.2) is 0 Å². The van der Waals surface area contributed by atoms with Crippen molar-refractivity contribution in [2.75, 3.05) is 50.5 Å².